The van der Waals surface area contributed by atoms with Crippen molar-refractivity contribution in [2.75, 3.05) is 38.6 Å². The highest BCUT2D eigenvalue weighted by Gasteiger charge is 2.24. The summed E-state index contributed by atoms with van der Waals surface area (Å²) in [6, 6.07) is 4.03. The smallest absolute Gasteiger partial charge is 0.259 e. The molecule has 0 aliphatic carbocycles. The fourth-order valence-electron chi connectivity index (χ4n) is 3.66. The lowest BCUT2D eigenvalue weighted by molar-refractivity contribution is 0.372. The van der Waals surface area contributed by atoms with Crippen LogP contribution in [0.2, 0.25) is 0 Å². The second-order valence-corrected chi connectivity index (χ2v) is 7.60. The average Bonchev–Trinajstić information content (AvgIpc) is 3.35. The van der Waals surface area contributed by atoms with Crippen molar-refractivity contribution in [3.05, 3.63) is 42.4 Å². The summed E-state index contributed by atoms with van der Waals surface area (Å²) in [4.78, 5) is 18.1. The van der Waals surface area contributed by atoms with Gasteiger partial charge < -0.3 is 18.9 Å². The van der Waals surface area contributed by atoms with Crippen LogP contribution in [-0.2, 0) is 6.54 Å². The molecule has 0 radical (unpaired) electrons. The minimum atomic E-state index is 0.508. The van der Waals surface area contributed by atoms with Crippen LogP contribution in [0.3, 0.4) is 0 Å². The Kier molecular flexibility index (Phi) is 5.38. The third-order valence-electron chi connectivity index (χ3n) is 5.24. The van der Waals surface area contributed by atoms with Crippen molar-refractivity contribution in [1.82, 2.24) is 29.6 Å². The predicted octanol–water partition coefficient (Wildman–Crippen LogP) is 2.58. The maximum atomic E-state index is 5.21. The van der Waals surface area contributed by atoms with Gasteiger partial charge in [0.05, 0.1) is 5.56 Å². The third-order valence-corrected chi connectivity index (χ3v) is 5.24. The van der Waals surface area contributed by atoms with Crippen LogP contribution in [0.5, 0.6) is 0 Å². The van der Waals surface area contributed by atoms with Gasteiger partial charge in [0, 0.05) is 50.7 Å². The van der Waals surface area contributed by atoms with E-state index >= 15 is 0 Å². The van der Waals surface area contributed by atoms with Crippen LogP contribution >= 0.6 is 0 Å². The zero-order valence-electron chi connectivity index (χ0n) is 16.7. The van der Waals surface area contributed by atoms with Crippen LogP contribution in [0, 0.1) is 6.92 Å². The second kappa shape index (κ2) is 8.10. The standard InChI is InChI=1S/C20H27N7O/c1-15-23-20(28-24-15)17-4-5-18(22-14-17)26-9-6-16(7-10-26)19-21-8-11-27(19)13-12-25(2)3/h4-5,8,11,14,16H,6-7,9-10,12-13H2,1-3H3. The molecule has 0 bridgehead atoms. The summed E-state index contributed by atoms with van der Waals surface area (Å²) in [5.41, 5.74) is 0.849. The zero-order valence-corrected chi connectivity index (χ0v) is 16.7. The Hall–Kier alpha value is -2.74. The maximum Gasteiger partial charge on any atom is 0.259 e. The predicted molar refractivity (Wildman–Crippen MR) is 107 cm³/mol. The van der Waals surface area contributed by atoms with Crippen molar-refractivity contribution in [2.24, 2.45) is 0 Å². The van der Waals surface area contributed by atoms with E-state index in [-0.39, 0.29) is 0 Å². The van der Waals surface area contributed by atoms with E-state index in [1.807, 2.05) is 31.5 Å². The molecule has 3 aromatic rings. The van der Waals surface area contributed by atoms with Crippen molar-refractivity contribution >= 4 is 5.82 Å². The fraction of sp³-hybridized carbons (Fsp3) is 0.500. The lowest BCUT2D eigenvalue weighted by Gasteiger charge is -2.32. The highest BCUT2D eigenvalue weighted by Crippen LogP contribution is 2.29. The molecule has 28 heavy (non-hydrogen) atoms. The monoisotopic (exact) mass is 381 g/mol. The summed E-state index contributed by atoms with van der Waals surface area (Å²) in [6.45, 7) is 5.79. The first-order chi connectivity index (χ1) is 13.6. The Bertz CT molecular complexity index is 891. The summed E-state index contributed by atoms with van der Waals surface area (Å²) in [7, 11) is 4.21. The summed E-state index contributed by atoms with van der Waals surface area (Å²) in [5, 5.41) is 3.83. The summed E-state index contributed by atoms with van der Waals surface area (Å²) < 4.78 is 7.52. The number of piperidine rings is 1. The number of aromatic nitrogens is 5. The lowest BCUT2D eigenvalue weighted by atomic mass is 9.96. The molecule has 0 unspecified atom stereocenters. The molecular weight excluding hydrogens is 354 g/mol. The Morgan fingerprint density at radius 1 is 1.18 bits per heavy atom. The van der Waals surface area contributed by atoms with Crippen molar-refractivity contribution in [3.63, 3.8) is 0 Å². The van der Waals surface area contributed by atoms with Crippen LogP contribution in [-0.4, -0.2) is 63.3 Å². The second-order valence-electron chi connectivity index (χ2n) is 7.60. The van der Waals surface area contributed by atoms with Gasteiger partial charge in [0.15, 0.2) is 5.82 Å². The van der Waals surface area contributed by atoms with E-state index in [4.69, 9.17) is 4.52 Å². The quantitative estimate of drug-likeness (QED) is 0.649. The highest BCUT2D eigenvalue weighted by molar-refractivity contribution is 5.54. The number of likely N-dealkylation sites (N-methyl/N-ethyl adjacent to an activating group) is 1. The molecule has 1 fully saturated rings. The van der Waals surface area contributed by atoms with Crippen molar-refractivity contribution < 1.29 is 4.52 Å². The third kappa shape index (κ3) is 4.06. The van der Waals surface area contributed by atoms with Gasteiger partial charge >= 0.3 is 0 Å². The van der Waals surface area contributed by atoms with E-state index in [9.17, 15) is 0 Å². The van der Waals surface area contributed by atoms with Gasteiger partial charge in [0.25, 0.3) is 5.89 Å². The Balaban J connectivity index is 1.37. The fourth-order valence-corrected chi connectivity index (χ4v) is 3.66. The first kappa shape index (κ1) is 18.6. The molecule has 8 nitrogen and oxygen atoms in total. The van der Waals surface area contributed by atoms with Crippen molar-refractivity contribution in [1.29, 1.82) is 0 Å². The Morgan fingerprint density at radius 2 is 2.00 bits per heavy atom. The molecule has 0 amide bonds. The highest BCUT2D eigenvalue weighted by atomic mass is 16.5. The van der Waals surface area contributed by atoms with Crippen LogP contribution in [0.15, 0.2) is 35.2 Å². The van der Waals surface area contributed by atoms with Crippen LogP contribution in [0.25, 0.3) is 11.5 Å². The number of nitrogens with zero attached hydrogens (tertiary/aromatic N) is 7. The minimum Gasteiger partial charge on any atom is -0.357 e. The largest absolute Gasteiger partial charge is 0.357 e. The van der Waals surface area contributed by atoms with Crippen LogP contribution in [0.1, 0.15) is 30.4 Å². The molecule has 0 atom stereocenters. The van der Waals surface area contributed by atoms with E-state index in [1.165, 1.54) is 5.82 Å². The lowest BCUT2D eigenvalue weighted by Crippen LogP contribution is -2.34. The number of hydrogen-bond donors (Lipinski definition) is 0. The molecule has 4 rings (SSSR count). The van der Waals surface area contributed by atoms with Gasteiger partial charge in [0.1, 0.15) is 11.6 Å². The summed E-state index contributed by atoms with van der Waals surface area (Å²) >= 11 is 0. The SMILES string of the molecule is Cc1noc(-c2ccc(N3CCC(c4nccn4CCN(C)C)CC3)nc2)n1. The van der Waals surface area contributed by atoms with E-state index in [0.717, 1.165) is 50.4 Å². The topological polar surface area (TPSA) is 76.1 Å². The first-order valence-corrected chi connectivity index (χ1v) is 9.77. The maximum absolute atomic E-state index is 5.21. The van der Waals surface area contributed by atoms with E-state index in [2.05, 4.69) is 54.8 Å². The van der Waals surface area contributed by atoms with E-state index < -0.39 is 0 Å². The zero-order chi connectivity index (χ0) is 19.5. The van der Waals surface area contributed by atoms with Gasteiger partial charge in [-0.15, -0.1) is 0 Å². The molecule has 0 saturated carbocycles. The molecule has 3 aromatic heterocycles. The molecule has 4 heterocycles. The van der Waals surface area contributed by atoms with Gasteiger partial charge in [-0.2, -0.15) is 4.98 Å². The molecule has 1 aliphatic rings. The van der Waals surface area contributed by atoms with Gasteiger partial charge in [-0.1, -0.05) is 5.16 Å². The number of pyridine rings is 1. The number of aryl methyl sites for hydroxylation is 1. The molecule has 8 heteroatoms. The van der Waals surface area contributed by atoms with Gasteiger partial charge in [-0.25, -0.2) is 9.97 Å². The summed E-state index contributed by atoms with van der Waals surface area (Å²) in [6.07, 6.45) is 8.01. The molecule has 148 valence electrons. The van der Waals surface area contributed by atoms with Crippen molar-refractivity contribution in [2.45, 2.75) is 32.2 Å². The van der Waals surface area contributed by atoms with Crippen LogP contribution < -0.4 is 4.90 Å². The summed E-state index contributed by atoms with van der Waals surface area (Å²) in [5.74, 6) is 3.87. The molecule has 1 saturated heterocycles. The Labute approximate surface area is 165 Å². The van der Waals surface area contributed by atoms with Crippen molar-refractivity contribution in [3.8, 4) is 11.5 Å². The van der Waals surface area contributed by atoms with Gasteiger partial charge in [-0.05, 0) is 46.0 Å². The molecule has 0 N–H and O–H groups in total. The number of rotatable bonds is 6. The van der Waals surface area contributed by atoms with Gasteiger partial charge in [0.2, 0.25) is 0 Å². The minimum absolute atomic E-state index is 0.508. The molecule has 0 spiro atoms. The number of hydrogen-bond acceptors (Lipinski definition) is 7. The number of anilines is 1. The number of imidazole rings is 1. The van der Waals surface area contributed by atoms with E-state index in [1.54, 1.807) is 0 Å². The van der Waals surface area contributed by atoms with Gasteiger partial charge in [-0.3, -0.25) is 0 Å². The molecular formula is C20H27N7O. The van der Waals surface area contributed by atoms with E-state index in [0.29, 0.717) is 17.6 Å². The first-order valence-electron chi connectivity index (χ1n) is 9.77. The average molecular weight is 381 g/mol. The molecule has 1 aliphatic heterocycles. The molecule has 0 aromatic carbocycles. The van der Waals surface area contributed by atoms with Crippen LogP contribution in [0.4, 0.5) is 5.82 Å². The Morgan fingerprint density at radius 3 is 2.64 bits per heavy atom. The normalized spacial score (nSPS) is 15.5.